The summed E-state index contributed by atoms with van der Waals surface area (Å²) in [5, 5.41) is 5.22. The van der Waals surface area contributed by atoms with Crippen LogP contribution >= 0.6 is 22.7 Å². The SMILES string of the molecule is c1ccc(-n2c3ccccc3c3sc4ccc(-c5ccc6sc7c8ccccc8n(-c8ccccc8)c7c6c5)cc4c32)cc1. The molecule has 4 aromatic heterocycles. The third kappa shape index (κ3) is 3.35. The van der Waals surface area contributed by atoms with Gasteiger partial charge in [-0.3, -0.25) is 0 Å². The van der Waals surface area contributed by atoms with Crippen LogP contribution in [0.25, 0.3) is 84.9 Å². The first-order valence-electron chi connectivity index (χ1n) is 14.9. The monoisotopic (exact) mass is 596 g/mol. The van der Waals surface area contributed by atoms with Crippen LogP contribution in [0.2, 0.25) is 0 Å². The first-order chi connectivity index (χ1) is 21.8. The zero-order valence-electron chi connectivity index (χ0n) is 23.6. The van der Waals surface area contributed by atoms with Crippen molar-refractivity contribution in [3.8, 4) is 22.5 Å². The highest BCUT2D eigenvalue weighted by molar-refractivity contribution is 7.27. The van der Waals surface area contributed by atoms with Gasteiger partial charge in [0.25, 0.3) is 0 Å². The highest BCUT2D eigenvalue weighted by atomic mass is 32.1. The van der Waals surface area contributed by atoms with Gasteiger partial charge in [-0.1, -0.05) is 84.9 Å². The first kappa shape index (κ1) is 24.3. The number of nitrogens with zero attached hydrogens (tertiary/aromatic N) is 2. The minimum atomic E-state index is 1.19. The minimum Gasteiger partial charge on any atom is -0.308 e. The molecule has 0 atom stereocenters. The van der Waals surface area contributed by atoms with E-state index in [1.54, 1.807) is 0 Å². The molecule has 10 aromatic rings. The van der Waals surface area contributed by atoms with Gasteiger partial charge in [0, 0.05) is 42.3 Å². The second-order valence-electron chi connectivity index (χ2n) is 11.4. The minimum absolute atomic E-state index is 1.19. The van der Waals surface area contributed by atoms with Crippen molar-refractivity contribution in [1.82, 2.24) is 9.13 Å². The fraction of sp³-hybridized carbons (Fsp3) is 0. The fourth-order valence-corrected chi connectivity index (χ4v) is 9.39. The van der Waals surface area contributed by atoms with Crippen LogP contribution in [0.3, 0.4) is 0 Å². The van der Waals surface area contributed by atoms with Gasteiger partial charge in [0.15, 0.2) is 0 Å². The van der Waals surface area contributed by atoms with Crippen molar-refractivity contribution < 1.29 is 0 Å². The molecule has 0 aliphatic carbocycles. The smallest absolute Gasteiger partial charge is 0.0727 e. The van der Waals surface area contributed by atoms with Crippen molar-refractivity contribution in [3.05, 3.63) is 146 Å². The Hall–Kier alpha value is -5.16. The lowest BCUT2D eigenvalue weighted by atomic mass is 10.0. The van der Waals surface area contributed by atoms with Crippen molar-refractivity contribution in [1.29, 1.82) is 0 Å². The van der Waals surface area contributed by atoms with Gasteiger partial charge in [-0.2, -0.15) is 0 Å². The van der Waals surface area contributed by atoms with Crippen LogP contribution in [0, 0.1) is 0 Å². The predicted molar refractivity (Wildman–Crippen MR) is 191 cm³/mol. The largest absolute Gasteiger partial charge is 0.308 e. The number of fused-ring (bicyclic) bond motifs is 10. The number of para-hydroxylation sites is 4. The molecule has 44 heavy (non-hydrogen) atoms. The Morgan fingerprint density at radius 3 is 1.23 bits per heavy atom. The number of hydrogen-bond acceptors (Lipinski definition) is 2. The average molecular weight is 597 g/mol. The molecule has 0 saturated heterocycles. The quantitative estimate of drug-likeness (QED) is 0.192. The molecule has 0 radical (unpaired) electrons. The van der Waals surface area contributed by atoms with Crippen LogP contribution < -0.4 is 0 Å². The van der Waals surface area contributed by atoms with Crippen molar-refractivity contribution in [2.45, 2.75) is 0 Å². The first-order valence-corrected chi connectivity index (χ1v) is 16.5. The molecular formula is C40H24N2S2. The van der Waals surface area contributed by atoms with Crippen molar-refractivity contribution in [2.75, 3.05) is 0 Å². The molecule has 0 saturated carbocycles. The van der Waals surface area contributed by atoms with E-state index in [2.05, 4.69) is 155 Å². The maximum Gasteiger partial charge on any atom is 0.0727 e. The molecule has 6 aromatic carbocycles. The summed E-state index contributed by atoms with van der Waals surface area (Å²) in [6.45, 7) is 0. The Labute approximate surface area is 261 Å². The maximum absolute atomic E-state index is 2.44. The fourth-order valence-electron chi connectivity index (χ4n) is 6.99. The molecule has 0 N–H and O–H groups in total. The Kier molecular flexibility index (Phi) is 5.06. The third-order valence-electron chi connectivity index (χ3n) is 8.91. The van der Waals surface area contributed by atoms with Crippen molar-refractivity contribution in [2.24, 2.45) is 0 Å². The van der Waals surface area contributed by atoms with E-state index in [0.29, 0.717) is 0 Å². The summed E-state index contributed by atoms with van der Waals surface area (Å²) in [5.41, 5.74) is 9.96. The lowest BCUT2D eigenvalue weighted by Gasteiger charge is -2.09. The van der Waals surface area contributed by atoms with E-state index in [-0.39, 0.29) is 0 Å². The topological polar surface area (TPSA) is 9.86 Å². The van der Waals surface area contributed by atoms with E-state index < -0.39 is 0 Å². The third-order valence-corrected chi connectivity index (χ3v) is 11.3. The van der Waals surface area contributed by atoms with E-state index in [9.17, 15) is 0 Å². The molecular weight excluding hydrogens is 573 g/mol. The van der Waals surface area contributed by atoms with E-state index in [0.717, 1.165) is 0 Å². The summed E-state index contributed by atoms with van der Waals surface area (Å²) in [4.78, 5) is 0. The molecule has 4 heteroatoms. The maximum atomic E-state index is 2.44. The molecule has 206 valence electrons. The Morgan fingerprint density at radius 1 is 0.364 bits per heavy atom. The van der Waals surface area contributed by atoms with Gasteiger partial charge in [-0.15, -0.1) is 22.7 Å². The molecule has 4 heterocycles. The normalized spacial score (nSPS) is 12.1. The molecule has 10 rings (SSSR count). The van der Waals surface area contributed by atoms with Crippen LogP contribution in [-0.2, 0) is 0 Å². The van der Waals surface area contributed by atoms with Gasteiger partial charge in [0.1, 0.15) is 0 Å². The highest BCUT2D eigenvalue weighted by Crippen LogP contribution is 2.46. The van der Waals surface area contributed by atoms with Gasteiger partial charge in [0.2, 0.25) is 0 Å². The summed E-state index contributed by atoms with van der Waals surface area (Å²) >= 11 is 3.79. The highest BCUT2D eigenvalue weighted by Gasteiger charge is 2.20. The van der Waals surface area contributed by atoms with Crippen LogP contribution in [0.1, 0.15) is 0 Å². The Morgan fingerprint density at radius 2 is 0.773 bits per heavy atom. The number of aromatic nitrogens is 2. The molecule has 0 fully saturated rings. The van der Waals surface area contributed by atoms with Crippen molar-refractivity contribution >= 4 is 85.1 Å². The van der Waals surface area contributed by atoms with Crippen molar-refractivity contribution in [3.63, 3.8) is 0 Å². The van der Waals surface area contributed by atoms with Crippen LogP contribution in [0.15, 0.2) is 146 Å². The zero-order valence-corrected chi connectivity index (χ0v) is 25.2. The van der Waals surface area contributed by atoms with Gasteiger partial charge >= 0.3 is 0 Å². The van der Waals surface area contributed by atoms with Gasteiger partial charge in [-0.25, -0.2) is 0 Å². The summed E-state index contributed by atoms with van der Waals surface area (Å²) in [6.07, 6.45) is 0. The Balaban J connectivity index is 1.24. The summed E-state index contributed by atoms with van der Waals surface area (Å²) in [5.74, 6) is 0. The number of rotatable bonds is 3. The summed E-state index contributed by atoms with van der Waals surface area (Å²) in [6, 6.07) is 53.1. The van der Waals surface area contributed by atoms with Crippen LogP contribution in [-0.4, -0.2) is 9.13 Å². The van der Waals surface area contributed by atoms with Crippen LogP contribution in [0.5, 0.6) is 0 Å². The molecule has 0 unspecified atom stereocenters. The lowest BCUT2D eigenvalue weighted by molar-refractivity contribution is 1.19. The average Bonchev–Trinajstić information content (AvgIpc) is 3.82. The van der Waals surface area contributed by atoms with E-state index in [1.807, 2.05) is 22.7 Å². The molecule has 0 spiro atoms. The van der Waals surface area contributed by atoms with E-state index in [4.69, 9.17) is 0 Å². The van der Waals surface area contributed by atoms with E-state index >= 15 is 0 Å². The molecule has 0 aliphatic rings. The number of thiophene rings is 2. The summed E-state index contributed by atoms with van der Waals surface area (Å²) in [7, 11) is 0. The lowest BCUT2D eigenvalue weighted by Crippen LogP contribution is -1.93. The second-order valence-corrected chi connectivity index (χ2v) is 13.5. The molecule has 2 nitrogen and oxygen atoms in total. The van der Waals surface area contributed by atoms with E-state index in [1.165, 1.54) is 84.9 Å². The predicted octanol–water partition coefficient (Wildman–Crippen LogP) is 12.0. The van der Waals surface area contributed by atoms with Gasteiger partial charge in [-0.05, 0) is 71.8 Å². The number of benzene rings is 6. The number of hydrogen-bond donors (Lipinski definition) is 0. The zero-order chi connectivity index (χ0) is 28.8. The van der Waals surface area contributed by atoms with Gasteiger partial charge < -0.3 is 9.13 Å². The molecule has 0 amide bonds. The standard InChI is InChI=1S/C40H24N2S2/c1-3-11-27(12-4-1)41-33-17-9-7-15-29(33)39-37(41)31-23-25(19-21-35(31)43-39)26-20-22-36-32(24-26)38-40(44-36)30-16-8-10-18-34(30)42(38)28-13-5-2-6-14-28/h1-24H. The molecule has 0 aliphatic heterocycles. The Bertz CT molecular complexity index is 2510. The second kappa shape index (κ2) is 9.17. The molecule has 0 bridgehead atoms. The van der Waals surface area contributed by atoms with Gasteiger partial charge in [0.05, 0.1) is 31.5 Å². The summed E-state index contributed by atoms with van der Waals surface area (Å²) < 4.78 is 10.2. The van der Waals surface area contributed by atoms with Crippen LogP contribution in [0.4, 0.5) is 0 Å².